The van der Waals surface area contributed by atoms with E-state index in [1.807, 2.05) is 4.90 Å². The lowest BCUT2D eigenvalue weighted by Gasteiger charge is -2.29. The summed E-state index contributed by atoms with van der Waals surface area (Å²) in [5, 5.41) is 3.78. The molecule has 1 unspecified atom stereocenters. The summed E-state index contributed by atoms with van der Waals surface area (Å²) in [6, 6.07) is 0. The molecule has 1 aromatic rings. The molecule has 0 radical (unpaired) electrons. The van der Waals surface area contributed by atoms with Gasteiger partial charge in [-0.05, 0) is 26.3 Å². The molecule has 1 aliphatic heterocycles. The quantitative estimate of drug-likeness (QED) is 0.783. The molecule has 2 heterocycles. The SMILES string of the molecule is Cc1noc(C2CCCN(CC(N)=O)C2)n1. The van der Waals surface area contributed by atoms with Crippen molar-refractivity contribution in [3.8, 4) is 0 Å². The van der Waals surface area contributed by atoms with E-state index in [4.69, 9.17) is 10.3 Å². The molecule has 1 fully saturated rings. The highest BCUT2D eigenvalue weighted by molar-refractivity contribution is 5.75. The summed E-state index contributed by atoms with van der Waals surface area (Å²) in [5.41, 5.74) is 5.18. The van der Waals surface area contributed by atoms with Crippen molar-refractivity contribution in [1.82, 2.24) is 15.0 Å². The number of carbonyl (C=O) groups is 1. The van der Waals surface area contributed by atoms with E-state index in [-0.39, 0.29) is 11.8 Å². The van der Waals surface area contributed by atoms with Gasteiger partial charge < -0.3 is 10.3 Å². The molecule has 6 heteroatoms. The minimum absolute atomic E-state index is 0.231. The Labute approximate surface area is 93.8 Å². The lowest BCUT2D eigenvalue weighted by molar-refractivity contribution is -0.119. The first kappa shape index (κ1) is 11.1. The molecule has 1 amide bonds. The smallest absolute Gasteiger partial charge is 0.231 e. The van der Waals surface area contributed by atoms with Crippen molar-refractivity contribution in [3.63, 3.8) is 0 Å². The second-order valence-electron chi connectivity index (χ2n) is 4.22. The van der Waals surface area contributed by atoms with Crippen LogP contribution in [0.3, 0.4) is 0 Å². The first-order valence-corrected chi connectivity index (χ1v) is 5.46. The summed E-state index contributed by atoms with van der Waals surface area (Å²) < 4.78 is 5.15. The Hall–Kier alpha value is -1.43. The van der Waals surface area contributed by atoms with Crippen molar-refractivity contribution >= 4 is 5.91 Å². The summed E-state index contributed by atoms with van der Waals surface area (Å²) >= 11 is 0. The Balaban J connectivity index is 1.99. The number of nitrogens with zero attached hydrogens (tertiary/aromatic N) is 3. The third-order valence-electron chi connectivity index (χ3n) is 2.78. The van der Waals surface area contributed by atoms with Crippen molar-refractivity contribution in [1.29, 1.82) is 0 Å². The van der Waals surface area contributed by atoms with Crippen molar-refractivity contribution < 1.29 is 9.32 Å². The first-order valence-electron chi connectivity index (χ1n) is 5.46. The van der Waals surface area contributed by atoms with Crippen molar-refractivity contribution in [2.24, 2.45) is 5.73 Å². The summed E-state index contributed by atoms with van der Waals surface area (Å²) in [6.07, 6.45) is 2.05. The molecule has 1 atom stereocenters. The van der Waals surface area contributed by atoms with Gasteiger partial charge in [0.05, 0.1) is 12.5 Å². The molecule has 2 N–H and O–H groups in total. The highest BCUT2D eigenvalue weighted by Crippen LogP contribution is 2.25. The fourth-order valence-corrected chi connectivity index (χ4v) is 2.10. The molecule has 0 aromatic carbocycles. The Morgan fingerprint density at radius 1 is 1.69 bits per heavy atom. The highest BCUT2D eigenvalue weighted by Gasteiger charge is 2.26. The lowest BCUT2D eigenvalue weighted by atomic mass is 9.98. The zero-order valence-corrected chi connectivity index (χ0v) is 9.35. The number of likely N-dealkylation sites (tertiary alicyclic amines) is 1. The van der Waals surface area contributed by atoms with Crippen LogP contribution in [0, 0.1) is 6.92 Å². The Bertz CT molecular complexity index is 377. The molecular formula is C10H16N4O2. The van der Waals surface area contributed by atoms with Crippen LogP contribution < -0.4 is 5.73 Å². The van der Waals surface area contributed by atoms with Gasteiger partial charge in [-0.2, -0.15) is 4.98 Å². The van der Waals surface area contributed by atoms with E-state index in [0.717, 1.165) is 25.9 Å². The topological polar surface area (TPSA) is 85.3 Å². The maximum Gasteiger partial charge on any atom is 0.231 e. The fraction of sp³-hybridized carbons (Fsp3) is 0.700. The predicted octanol–water partition coefficient (Wildman–Crippen LogP) is 0.0427. The maximum absolute atomic E-state index is 10.8. The molecule has 1 saturated heterocycles. The van der Waals surface area contributed by atoms with E-state index in [1.54, 1.807) is 6.92 Å². The molecular weight excluding hydrogens is 208 g/mol. The van der Waals surface area contributed by atoms with Gasteiger partial charge in [0.1, 0.15) is 0 Å². The van der Waals surface area contributed by atoms with Gasteiger partial charge in [-0.25, -0.2) is 0 Å². The molecule has 1 aliphatic rings. The minimum Gasteiger partial charge on any atom is -0.369 e. The Morgan fingerprint density at radius 3 is 3.12 bits per heavy atom. The number of aromatic nitrogens is 2. The largest absolute Gasteiger partial charge is 0.369 e. The summed E-state index contributed by atoms with van der Waals surface area (Å²) in [6.45, 7) is 3.79. The molecule has 0 bridgehead atoms. The van der Waals surface area contributed by atoms with Crippen molar-refractivity contribution in [3.05, 3.63) is 11.7 Å². The summed E-state index contributed by atoms with van der Waals surface area (Å²) in [7, 11) is 0. The number of hydrogen-bond acceptors (Lipinski definition) is 5. The molecule has 0 aliphatic carbocycles. The molecule has 16 heavy (non-hydrogen) atoms. The standard InChI is InChI=1S/C10H16N4O2/c1-7-12-10(16-13-7)8-3-2-4-14(5-8)6-9(11)15/h8H,2-6H2,1H3,(H2,11,15). The second-order valence-corrected chi connectivity index (χ2v) is 4.22. The zero-order valence-electron chi connectivity index (χ0n) is 9.35. The number of aryl methyl sites for hydroxylation is 1. The number of amides is 1. The van der Waals surface area contributed by atoms with Crippen LogP contribution >= 0.6 is 0 Å². The van der Waals surface area contributed by atoms with Crippen molar-refractivity contribution in [2.45, 2.75) is 25.7 Å². The predicted molar refractivity (Wildman–Crippen MR) is 56.6 cm³/mol. The van der Waals surface area contributed by atoms with Gasteiger partial charge in [-0.15, -0.1) is 0 Å². The molecule has 6 nitrogen and oxygen atoms in total. The van der Waals surface area contributed by atoms with Crippen LogP contribution in [0.2, 0.25) is 0 Å². The molecule has 88 valence electrons. The number of primary amides is 1. The molecule has 1 aromatic heterocycles. The Morgan fingerprint density at radius 2 is 2.50 bits per heavy atom. The van der Waals surface area contributed by atoms with Crippen molar-refractivity contribution in [2.75, 3.05) is 19.6 Å². The van der Waals surface area contributed by atoms with E-state index in [2.05, 4.69) is 10.1 Å². The van der Waals surface area contributed by atoms with Crippen LogP contribution in [0.5, 0.6) is 0 Å². The average molecular weight is 224 g/mol. The third-order valence-corrected chi connectivity index (χ3v) is 2.78. The van der Waals surface area contributed by atoms with Crippen LogP contribution in [0.25, 0.3) is 0 Å². The third kappa shape index (κ3) is 2.57. The average Bonchev–Trinajstić information content (AvgIpc) is 2.64. The summed E-state index contributed by atoms with van der Waals surface area (Å²) in [5.74, 6) is 1.27. The second kappa shape index (κ2) is 4.61. The minimum atomic E-state index is -0.289. The highest BCUT2D eigenvalue weighted by atomic mass is 16.5. The van der Waals surface area contributed by atoms with Crippen LogP contribution in [0.15, 0.2) is 4.52 Å². The van der Waals surface area contributed by atoms with Gasteiger partial charge in [-0.3, -0.25) is 9.69 Å². The fourth-order valence-electron chi connectivity index (χ4n) is 2.10. The number of rotatable bonds is 3. The van der Waals surface area contributed by atoms with E-state index in [0.29, 0.717) is 18.3 Å². The monoisotopic (exact) mass is 224 g/mol. The van der Waals surface area contributed by atoms with Gasteiger partial charge in [0.25, 0.3) is 0 Å². The van der Waals surface area contributed by atoms with Gasteiger partial charge in [-0.1, -0.05) is 5.16 Å². The zero-order chi connectivity index (χ0) is 11.5. The normalized spacial score (nSPS) is 22.2. The molecule has 0 saturated carbocycles. The summed E-state index contributed by atoms with van der Waals surface area (Å²) in [4.78, 5) is 17.1. The van der Waals surface area contributed by atoms with Crippen LogP contribution in [0.4, 0.5) is 0 Å². The number of piperidine rings is 1. The van der Waals surface area contributed by atoms with E-state index >= 15 is 0 Å². The van der Waals surface area contributed by atoms with Gasteiger partial charge in [0, 0.05) is 6.54 Å². The van der Waals surface area contributed by atoms with Crippen LogP contribution in [-0.4, -0.2) is 40.6 Å². The maximum atomic E-state index is 10.8. The molecule has 2 rings (SSSR count). The number of hydrogen-bond donors (Lipinski definition) is 1. The van der Waals surface area contributed by atoms with Gasteiger partial charge >= 0.3 is 0 Å². The van der Waals surface area contributed by atoms with E-state index in [9.17, 15) is 4.79 Å². The lowest BCUT2D eigenvalue weighted by Crippen LogP contribution is -2.40. The molecule has 0 spiro atoms. The van der Waals surface area contributed by atoms with Gasteiger partial charge in [0.2, 0.25) is 11.8 Å². The van der Waals surface area contributed by atoms with Crippen LogP contribution in [0.1, 0.15) is 30.5 Å². The van der Waals surface area contributed by atoms with E-state index < -0.39 is 0 Å². The number of carbonyl (C=O) groups excluding carboxylic acids is 1. The van der Waals surface area contributed by atoms with Crippen LogP contribution in [-0.2, 0) is 4.79 Å². The van der Waals surface area contributed by atoms with E-state index in [1.165, 1.54) is 0 Å². The Kier molecular flexibility index (Phi) is 3.19. The number of nitrogens with two attached hydrogens (primary N) is 1. The van der Waals surface area contributed by atoms with Gasteiger partial charge in [0.15, 0.2) is 5.82 Å². The first-order chi connectivity index (χ1) is 7.65.